The maximum absolute atomic E-state index is 12.2. The van der Waals surface area contributed by atoms with E-state index in [0.717, 1.165) is 28.1 Å². The number of ether oxygens (including phenoxy) is 1. The first-order valence-corrected chi connectivity index (χ1v) is 7.97. The third kappa shape index (κ3) is 4.23. The summed E-state index contributed by atoms with van der Waals surface area (Å²) in [6, 6.07) is 11.5. The van der Waals surface area contributed by atoms with E-state index in [0.29, 0.717) is 13.0 Å². The van der Waals surface area contributed by atoms with Crippen LogP contribution in [-0.2, 0) is 24.8 Å². The van der Waals surface area contributed by atoms with Crippen molar-refractivity contribution in [1.82, 2.24) is 20.1 Å². The molecule has 6 heteroatoms. The number of hydrogen-bond acceptors (Lipinski definition) is 4. The third-order valence-electron chi connectivity index (χ3n) is 3.90. The van der Waals surface area contributed by atoms with Crippen molar-refractivity contribution in [3.8, 4) is 17.0 Å². The van der Waals surface area contributed by atoms with Gasteiger partial charge in [0.1, 0.15) is 5.75 Å². The quantitative estimate of drug-likeness (QED) is 0.750. The highest BCUT2D eigenvalue weighted by molar-refractivity contribution is 5.78. The molecule has 0 saturated carbocycles. The molecule has 1 aromatic carbocycles. The minimum Gasteiger partial charge on any atom is -0.497 e. The van der Waals surface area contributed by atoms with Crippen LogP contribution in [0.2, 0.25) is 0 Å². The zero-order valence-corrected chi connectivity index (χ0v) is 14.3. The van der Waals surface area contributed by atoms with E-state index in [-0.39, 0.29) is 5.91 Å². The molecule has 6 nitrogen and oxygen atoms in total. The first-order chi connectivity index (χ1) is 12.2. The van der Waals surface area contributed by atoms with Crippen molar-refractivity contribution in [3.63, 3.8) is 0 Å². The molecule has 0 aliphatic heterocycles. The van der Waals surface area contributed by atoms with Crippen molar-refractivity contribution in [2.45, 2.75) is 13.0 Å². The molecule has 1 amide bonds. The molecular weight excluding hydrogens is 316 g/mol. The lowest BCUT2D eigenvalue weighted by Gasteiger charge is -2.08. The Balaban J connectivity index is 1.61. The Bertz CT molecular complexity index is 873. The molecule has 0 spiro atoms. The molecule has 0 radical (unpaired) electrons. The normalized spacial score (nSPS) is 10.5. The third-order valence-corrected chi connectivity index (χ3v) is 3.90. The van der Waals surface area contributed by atoms with E-state index in [4.69, 9.17) is 4.74 Å². The number of carbonyl (C=O) groups is 1. The first-order valence-electron chi connectivity index (χ1n) is 7.97. The maximum atomic E-state index is 12.2. The molecule has 0 unspecified atom stereocenters. The minimum atomic E-state index is -0.0424. The van der Waals surface area contributed by atoms with E-state index in [1.165, 1.54) is 0 Å². The van der Waals surface area contributed by atoms with E-state index in [1.54, 1.807) is 30.4 Å². The molecule has 0 atom stereocenters. The number of nitrogens with zero attached hydrogens (tertiary/aromatic N) is 3. The van der Waals surface area contributed by atoms with Crippen molar-refractivity contribution in [3.05, 3.63) is 66.1 Å². The monoisotopic (exact) mass is 336 g/mol. The van der Waals surface area contributed by atoms with Gasteiger partial charge in [-0.25, -0.2) is 0 Å². The molecule has 128 valence electrons. The number of amides is 1. The highest BCUT2D eigenvalue weighted by atomic mass is 16.5. The summed E-state index contributed by atoms with van der Waals surface area (Å²) in [5, 5.41) is 7.10. The van der Waals surface area contributed by atoms with E-state index in [2.05, 4.69) is 15.4 Å². The van der Waals surface area contributed by atoms with Crippen LogP contribution in [0.4, 0.5) is 0 Å². The standard InChI is InChI=1S/C19H20N4O2/c1-23-18(6-7-22-23)16-8-15(11-20-13-16)12-21-19(24)10-14-4-3-5-17(9-14)25-2/h3-9,11,13H,10,12H2,1-2H3,(H,21,24). The lowest BCUT2D eigenvalue weighted by molar-refractivity contribution is -0.120. The van der Waals surface area contributed by atoms with Crippen molar-refractivity contribution in [1.29, 1.82) is 0 Å². The largest absolute Gasteiger partial charge is 0.497 e. The summed E-state index contributed by atoms with van der Waals surface area (Å²) in [6.45, 7) is 0.432. The van der Waals surface area contributed by atoms with Crippen LogP contribution in [-0.4, -0.2) is 27.8 Å². The van der Waals surface area contributed by atoms with E-state index in [1.807, 2.05) is 43.4 Å². The van der Waals surface area contributed by atoms with Gasteiger partial charge < -0.3 is 10.1 Å². The second kappa shape index (κ2) is 7.61. The van der Waals surface area contributed by atoms with E-state index >= 15 is 0 Å². The average Bonchev–Trinajstić information content (AvgIpc) is 3.06. The smallest absolute Gasteiger partial charge is 0.224 e. The van der Waals surface area contributed by atoms with Crippen molar-refractivity contribution >= 4 is 5.91 Å². The van der Waals surface area contributed by atoms with Crippen LogP contribution in [0.15, 0.2) is 55.0 Å². The Kier molecular flexibility index (Phi) is 5.09. The van der Waals surface area contributed by atoms with Crippen LogP contribution in [0.3, 0.4) is 0 Å². The van der Waals surface area contributed by atoms with Crippen molar-refractivity contribution < 1.29 is 9.53 Å². The molecule has 2 heterocycles. The fourth-order valence-electron chi connectivity index (χ4n) is 2.61. The molecule has 3 rings (SSSR count). The molecule has 0 aliphatic rings. The Hall–Kier alpha value is -3.15. The second-order valence-electron chi connectivity index (χ2n) is 5.73. The fourth-order valence-corrected chi connectivity index (χ4v) is 2.61. The van der Waals surface area contributed by atoms with Gasteiger partial charge in [-0.15, -0.1) is 0 Å². The van der Waals surface area contributed by atoms with Crippen LogP contribution in [0.1, 0.15) is 11.1 Å². The van der Waals surface area contributed by atoms with Crippen molar-refractivity contribution in [2.24, 2.45) is 7.05 Å². The highest BCUT2D eigenvalue weighted by Gasteiger charge is 2.07. The molecule has 0 bridgehead atoms. The van der Waals surface area contributed by atoms with Gasteiger partial charge in [-0.3, -0.25) is 14.5 Å². The summed E-state index contributed by atoms with van der Waals surface area (Å²) in [7, 11) is 3.50. The van der Waals surface area contributed by atoms with E-state index in [9.17, 15) is 4.79 Å². The lowest BCUT2D eigenvalue weighted by Crippen LogP contribution is -2.24. The zero-order chi connectivity index (χ0) is 17.6. The van der Waals surface area contributed by atoms with Crippen LogP contribution in [0, 0.1) is 0 Å². The minimum absolute atomic E-state index is 0.0424. The van der Waals surface area contributed by atoms with Gasteiger partial charge in [0, 0.05) is 37.7 Å². The zero-order valence-electron chi connectivity index (χ0n) is 14.3. The number of pyridine rings is 1. The van der Waals surface area contributed by atoms with Gasteiger partial charge in [-0.1, -0.05) is 12.1 Å². The number of aromatic nitrogens is 3. The van der Waals surface area contributed by atoms with Crippen LogP contribution in [0.5, 0.6) is 5.75 Å². The molecule has 3 aromatic rings. The van der Waals surface area contributed by atoms with Crippen LogP contribution in [0.25, 0.3) is 11.3 Å². The van der Waals surface area contributed by atoms with Crippen molar-refractivity contribution in [2.75, 3.05) is 7.11 Å². The molecule has 2 aromatic heterocycles. The van der Waals surface area contributed by atoms with Crippen LogP contribution < -0.4 is 10.1 Å². The van der Waals surface area contributed by atoms with Gasteiger partial charge in [0.05, 0.1) is 19.2 Å². The number of hydrogen-bond donors (Lipinski definition) is 1. The SMILES string of the molecule is COc1cccc(CC(=O)NCc2cncc(-c3ccnn3C)c2)c1. The predicted octanol–water partition coefficient (Wildman–Crippen LogP) is 2.35. The van der Waals surface area contributed by atoms with Gasteiger partial charge in [-0.05, 0) is 35.4 Å². The van der Waals surface area contributed by atoms with Gasteiger partial charge in [0.15, 0.2) is 0 Å². The van der Waals surface area contributed by atoms with E-state index < -0.39 is 0 Å². The first kappa shape index (κ1) is 16.7. The number of aryl methyl sites for hydroxylation is 1. The van der Waals surface area contributed by atoms with Gasteiger partial charge in [0.25, 0.3) is 0 Å². The molecule has 0 fully saturated rings. The molecular formula is C19H20N4O2. The Morgan fingerprint density at radius 1 is 1.20 bits per heavy atom. The molecule has 1 N–H and O–H groups in total. The summed E-state index contributed by atoms with van der Waals surface area (Å²) < 4.78 is 6.97. The maximum Gasteiger partial charge on any atom is 0.224 e. The molecule has 25 heavy (non-hydrogen) atoms. The Morgan fingerprint density at radius 2 is 2.08 bits per heavy atom. The highest BCUT2D eigenvalue weighted by Crippen LogP contribution is 2.18. The molecule has 0 saturated heterocycles. The summed E-state index contributed by atoms with van der Waals surface area (Å²) in [5.41, 5.74) is 3.81. The Morgan fingerprint density at radius 3 is 2.84 bits per heavy atom. The Labute approximate surface area is 146 Å². The summed E-state index contributed by atoms with van der Waals surface area (Å²) in [6.07, 6.45) is 5.61. The summed E-state index contributed by atoms with van der Waals surface area (Å²) >= 11 is 0. The molecule has 0 aliphatic carbocycles. The summed E-state index contributed by atoms with van der Waals surface area (Å²) in [5.74, 6) is 0.706. The van der Waals surface area contributed by atoms with Crippen LogP contribution >= 0.6 is 0 Å². The van der Waals surface area contributed by atoms with Gasteiger partial charge >= 0.3 is 0 Å². The number of rotatable bonds is 6. The average molecular weight is 336 g/mol. The number of benzene rings is 1. The fraction of sp³-hybridized carbons (Fsp3) is 0.211. The predicted molar refractivity (Wildman–Crippen MR) is 95.0 cm³/mol. The number of nitrogens with one attached hydrogen (secondary N) is 1. The topological polar surface area (TPSA) is 69.0 Å². The number of methoxy groups -OCH3 is 1. The summed E-state index contributed by atoms with van der Waals surface area (Å²) in [4.78, 5) is 16.4. The van der Waals surface area contributed by atoms with Gasteiger partial charge in [-0.2, -0.15) is 5.10 Å². The van der Waals surface area contributed by atoms with Gasteiger partial charge in [0.2, 0.25) is 5.91 Å². The lowest BCUT2D eigenvalue weighted by atomic mass is 10.1. The number of carbonyl (C=O) groups excluding carboxylic acids is 1. The second-order valence-corrected chi connectivity index (χ2v) is 5.73.